The molecule has 1 aromatic heterocycles. The van der Waals surface area contributed by atoms with E-state index in [0.717, 1.165) is 23.2 Å². The lowest BCUT2D eigenvalue weighted by Crippen LogP contribution is -2.32. The van der Waals surface area contributed by atoms with Crippen LogP contribution in [-0.2, 0) is 0 Å². The van der Waals surface area contributed by atoms with Crippen molar-refractivity contribution in [1.29, 1.82) is 0 Å². The number of nitrogens with zero attached hydrogens (tertiary/aromatic N) is 1. The maximum Gasteiger partial charge on any atom is 0.263 e. The molecule has 156 valence electrons. The number of amides is 1. The Bertz CT molecular complexity index is 1310. The van der Waals surface area contributed by atoms with E-state index in [4.69, 9.17) is 0 Å². The molecular formula is C27H26N2O2. The van der Waals surface area contributed by atoms with Crippen LogP contribution in [0.1, 0.15) is 46.6 Å². The van der Waals surface area contributed by atoms with Crippen molar-refractivity contribution < 1.29 is 4.79 Å². The Kier molecular flexibility index (Phi) is 5.72. The van der Waals surface area contributed by atoms with Gasteiger partial charge < -0.3 is 5.32 Å². The molecule has 1 N–H and O–H groups in total. The molecule has 1 heterocycles. The first-order valence-corrected chi connectivity index (χ1v) is 10.6. The highest BCUT2D eigenvalue weighted by Crippen LogP contribution is 2.24. The molecule has 31 heavy (non-hydrogen) atoms. The van der Waals surface area contributed by atoms with Crippen LogP contribution in [0.4, 0.5) is 0 Å². The van der Waals surface area contributed by atoms with E-state index in [1.807, 2.05) is 86.6 Å². The minimum absolute atomic E-state index is 0.105. The molecule has 4 nitrogen and oxygen atoms in total. The van der Waals surface area contributed by atoms with Crippen LogP contribution < -0.4 is 10.9 Å². The predicted molar refractivity (Wildman–Crippen MR) is 126 cm³/mol. The molecular weight excluding hydrogens is 384 g/mol. The summed E-state index contributed by atoms with van der Waals surface area (Å²) in [4.78, 5) is 26.9. The van der Waals surface area contributed by atoms with E-state index in [2.05, 4.69) is 12.2 Å². The average Bonchev–Trinajstić information content (AvgIpc) is 2.78. The molecule has 3 aromatic carbocycles. The zero-order valence-electron chi connectivity index (χ0n) is 18.1. The third-order valence-corrected chi connectivity index (χ3v) is 5.73. The van der Waals surface area contributed by atoms with Crippen LogP contribution in [-0.4, -0.2) is 10.5 Å². The fraction of sp³-hybridized carbons (Fsp3) is 0.185. The summed E-state index contributed by atoms with van der Waals surface area (Å²) in [6.07, 6.45) is 0.768. The minimum atomic E-state index is -0.175. The molecule has 0 aliphatic rings. The molecule has 0 radical (unpaired) electrons. The van der Waals surface area contributed by atoms with Gasteiger partial charge in [0.1, 0.15) is 0 Å². The van der Waals surface area contributed by atoms with Crippen LogP contribution in [0.2, 0.25) is 0 Å². The van der Waals surface area contributed by atoms with Gasteiger partial charge in [0.15, 0.2) is 0 Å². The van der Waals surface area contributed by atoms with Crippen LogP contribution in [0.25, 0.3) is 16.5 Å². The Labute approximate surface area is 182 Å². The van der Waals surface area contributed by atoms with Crippen molar-refractivity contribution in [3.05, 3.63) is 112 Å². The normalized spacial score (nSPS) is 12.0. The number of carbonyl (C=O) groups is 1. The summed E-state index contributed by atoms with van der Waals surface area (Å²) in [5.41, 5.74) is 3.92. The molecule has 0 saturated carbocycles. The third kappa shape index (κ3) is 3.89. The SMILES string of the molecule is CC[C@H](NC(=O)c1c(C)n(-c2cccc(C)c2)c(=O)c2ccccc12)c1ccccc1. The van der Waals surface area contributed by atoms with Crippen LogP contribution in [0.15, 0.2) is 83.7 Å². The van der Waals surface area contributed by atoms with E-state index in [0.29, 0.717) is 22.0 Å². The minimum Gasteiger partial charge on any atom is -0.345 e. The number of hydrogen-bond donors (Lipinski definition) is 1. The largest absolute Gasteiger partial charge is 0.345 e. The summed E-state index contributed by atoms with van der Waals surface area (Å²) in [5, 5.41) is 4.40. The number of hydrogen-bond acceptors (Lipinski definition) is 2. The Morgan fingerprint density at radius 2 is 1.58 bits per heavy atom. The van der Waals surface area contributed by atoms with Gasteiger partial charge in [-0.2, -0.15) is 0 Å². The van der Waals surface area contributed by atoms with Gasteiger partial charge >= 0.3 is 0 Å². The molecule has 4 heteroatoms. The Morgan fingerprint density at radius 3 is 2.26 bits per heavy atom. The lowest BCUT2D eigenvalue weighted by Gasteiger charge is -2.21. The van der Waals surface area contributed by atoms with Crippen molar-refractivity contribution in [2.75, 3.05) is 0 Å². The summed E-state index contributed by atoms with van der Waals surface area (Å²) in [6.45, 7) is 5.88. The summed E-state index contributed by atoms with van der Waals surface area (Å²) in [7, 11) is 0. The number of benzene rings is 3. The highest BCUT2D eigenvalue weighted by molar-refractivity contribution is 6.08. The van der Waals surface area contributed by atoms with E-state index in [-0.39, 0.29) is 17.5 Å². The highest BCUT2D eigenvalue weighted by atomic mass is 16.2. The molecule has 0 bridgehead atoms. The highest BCUT2D eigenvalue weighted by Gasteiger charge is 2.22. The molecule has 0 spiro atoms. The monoisotopic (exact) mass is 410 g/mol. The molecule has 0 aliphatic carbocycles. The van der Waals surface area contributed by atoms with Gasteiger partial charge in [-0.05, 0) is 49.6 Å². The summed E-state index contributed by atoms with van der Waals surface area (Å²) in [5.74, 6) is -0.175. The molecule has 1 atom stereocenters. The van der Waals surface area contributed by atoms with Gasteiger partial charge in [0, 0.05) is 22.2 Å². The Morgan fingerprint density at radius 1 is 0.903 bits per heavy atom. The van der Waals surface area contributed by atoms with Gasteiger partial charge in [-0.25, -0.2) is 0 Å². The second kappa shape index (κ2) is 8.60. The quantitative estimate of drug-likeness (QED) is 0.473. The van der Waals surface area contributed by atoms with E-state index < -0.39 is 0 Å². The van der Waals surface area contributed by atoms with Crippen molar-refractivity contribution in [3.63, 3.8) is 0 Å². The molecule has 0 saturated heterocycles. The topological polar surface area (TPSA) is 51.1 Å². The Balaban J connectivity index is 1.89. The summed E-state index contributed by atoms with van der Waals surface area (Å²) in [6, 6.07) is 25.0. The number of nitrogens with one attached hydrogen (secondary N) is 1. The van der Waals surface area contributed by atoms with Crippen molar-refractivity contribution in [1.82, 2.24) is 9.88 Å². The first kappa shape index (κ1) is 20.6. The number of rotatable bonds is 5. The Hall–Kier alpha value is -3.66. The fourth-order valence-electron chi connectivity index (χ4n) is 4.17. The lowest BCUT2D eigenvalue weighted by molar-refractivity contribution is 0.0936. The van der Waals surface area contributed by atoms with Crippen LogP contribution >= 0.6 is 0 Å². The predicted octanol–water partition coefficient (Wildman–Crippen LogP) is 5.49. The van der Waals surface area contributed by atoms with E-state index >= 15 is 0 Å². The van der Waals surface area contributed by atoms with Crippen molar-refractivity contribution in [3.8, 4) is 5.69 Å². The second-order valence-electron chi connectivity index (χ2n) is 7.83. The van der Waals surface area contributed by atoms with E-state index in [1.165, 1.54) is 0 Å². The second-order valence-corrected chi connectivity index (χ2v) is 7.83. The van der Waals surface area contributed by atoms with E-state index in [9.17, 15) is 9.59 Å². The number of fused-ring (bicyclic) bond motifs is 1. The zero-order chi connectivity index (χ0) is 22.0. The van der Waals surface area contributed by atoms with Gasteiger partial charge in [0.05, 0.1) is 11.6 Å². The van der Waals surface area contributed by atoms with Crippen LogP contribution in [0.3, 0.4) is 0 Å². The number of aromatic nitrogens is 1. The van der Waals surface area contributed by atoms with Crippen molar-refractivity contribution in [2.24, 2.45) is 0 Å². The average molecular weight is 411 g/mol. The van der Waals surface area contributed by atoms with Gasteiger partial charge in [0.25, 0.3) is 11.5 Å². The summed E-state index contributed by atoms with van der Waals surface area (Å²) < 4.78 is 1.65. The first-order chi connectivity index (χ1) is 15.0. The van der Waals surface area contributed by atoms with E-state index in [1.54, 1.807) is 10.6 Å². The fourth-order valence-corrected chi connectivity index (χ4v) is 4.17. The zero-order valence-corrected chi connectivity index (χ0v) is 18.1. The molecule has 4 aromatic rings. The number of carbonyl (C=O) groups excluding carboxylic acids is 1. The van der Waals surface area contributed by atoms with Crippen LogP contribution in [0, 0.1) is 13.8 Å². The molecule has 0 unspecified atom stereocenters. The molecule has 1 amide bonds. The van der Waals surface area contributed by atoms with Crippen LogP contribution in [0.5, 0.6) is 0 Å². The van der Waals surface area contributed by atoms with Gasteiger partial charge in [-0.1, -0.05) is 67.6 Å². The van der Waals surface area contributed by atoms with Gasteiger partial charge in [-0.3, -0.25) is 14.2 Å². The van der Waals surface area contributed by atoms with Gasteiger partial charge in [-0.15, -0.1) is 0 Å². The number of aryl methyl sites for hydroxylation is 1. The molecule has 4 rings (SSSR count). The third-order valence-electron chi connectivity index (χ3n) is 5.73. The maximum absolute atomic E-state index is 13.6. The molecule has 0 aliphatic heterocycles. The molecule has 0 fully saturated rings. The van der Waals surface area contributed by atoms with Crippen molar-refractivity contribution >= 4 is 16.7 Å². The smallest absolute Gasteiger partial charge is 0.263 e. The lowest BCUT2D eigenvalue weighted by atomic mass is 10.0. The first-order valence-electron chi connectivity index (χ1n) is 10.6. The van der Waals surface area contributed by atoms with Gasteiger partial charge in [0.2, 0.25) is 0 Å². The standard InChI is InChI=1S/C27H26N2O2/c1-4-24(20-12-6-5-7-13-20)28-26(30)25-19(3)29(21-14-10-11-18(2)17-21)27(31)23-16-9-8-15-22(23)25/h5-17,24H,4H2,1-3H3,(H,28,30)/t24-/m0/s1. The number of pyridine rings is 1. The maximum atomic E-state index is 13.6. The van der Waals surface area contributed by atoms with Crippen molar-refractivity contribution in [2.45, 2.75) is 33.2 Å². The summed E-state index contributed by atoms with van der Waals surface area (Å²) >= 11 is 0.